The molecule has 2 rings (SSSR count). The second-order valence-electron chi connectivity index (χ2n) is 7.19. The molecule has 0 radical (unpaired) electrons. The second kappa shape index (κ2) is 8.26. The number of hydrogen-bond donors (Lipinski definition) is 1. The predicted molar refractivity (Wildman–Crippen MR) is 104 cm³/mol. The van der Waals surface area contributed by atoms with E-state index in [1.807, 2.05) is 6.92 Å². The van der Waals surface area contributed by atoms with Gasteiger partial charge in [-0.3, -0.25) is 4.79 Å². The minimum atomic E-state index is -3.57. The fraction of sp³-hybridized carbons (Fsp3) is 0.556. The van der Waals surface area contributed by atoms with Crippen molar-refractivity contribution in [1.82, 2.24) is 14.1 Å². The van der Waals surface area contributed by atoms with Crippen molar-refractivity contribution in [3.05, 3.63) is 23.8 Å². The number of rotatable bonds is 4. The molecular formula is C18H28N4O4S. The van der Waals surface area contributed by atoms with Crippen LogP contribution in [0.2, 0.25) is 0 Å². The first-order valence-corrected chi connectivity index (χ1v) is 10.3. The average Bonchev–Trinajstić information content (AvgIpc) is 2.62. The number of carbonyl (C=O) groups excluding carboxylic acids is 2. The van der Waals surface area contributed by atoms with E-state index in [1.54, 1.807) is 25.1 Å². The Kier molecular flexibility index (Phi) is 6.48. The van der Waals surface area contributed by atoms with Gasteiger partial charge in [-0.2, -0.15) is 0 Å². The third kappa shape index (κ3) is 4.78. The van der Waals surface area contributed by atoms with Gasteiger partial charge in [0, 0.05) is 52.9 Å². The molecule has 3 amide bonds. The van der Waals surface area contributed by atoms with Crippen LogP contribution >= 0.6 is 0 Å². The lowest BCUT2D eigenvalue weighted by atomic mass is 9.96. The van der Waals surface area contributed by atoms with Gasteiger partial charge in [-0.25, -0.2) is 17.5 Å². The van der Waals surface area contributed by atoms with E-state index in [4.69, 9.17) is 0 Å². The van der Waals surface area contributed by atoms with Crippen molar-refractivity contribution < 1.29 is 18.0 Å². The molecule has 150 valence electrons. The van der Waals surface area contributed by atoms with Gasteiger partial charge in [-0.05, 0) is 37.5 Å². The summed E-state index contributed by atoms with van der Waals surface area (Å²) in [7, 11) is 2.78. The summed E-state index contributed by atoms with van der Waals surface area (Å²) in [4.78, 5) is 28.0. The maximum absolute atomic E-state index is 12.6. The van der Waals surface area contributed by atoms with Gasteiger partial charge in [0.2, 0.25) is 15.9 Å². The van der Waals surface area contributed by atoms with Gasteiger partial charge in [-0.15, -0.1) is 0 Å². The standard InChI is InChI=1S/C18H28N4O4S/c1-13-6-7-15(27(25,26)21(4)5)12-16(13)19-17(23)14-8-10-22(11-9-14)18(24)20(2)3/h6-7,12,14H,8-11H2,1-5H3,(H,19,23). The summed E-state index contributed by atoms with van der Waals surface area (Å²) in [5.74, 6) is -0.348. The zero-order valence-corrected chi connectivity index (χ0v) is 17.3. The van der Waals surface area contributed by atoms with E-state index in [9.17, 15) is 18.0 Å². The van der Waals surface area contributed by atoms with E-state index >= 15 is 0 Å². The molecule has 0 aliphatic carbocycles. The van der Waals surface area contributed by atoms with E-state index in [-0.39, 0.29) is 22.8 Å². The van der Waals surface area contributed by atoms with Crippen molar-refractivity contribution in [2.75, 3.05) is 46.6 Å². The first kappa shape index (κ1) is 21.2. The molecule has 0 spiro atoms. The van der Waals surface area contributed by atoms with Crippen molar-refractivity contribution in [1.29, 1.82) is 0 Å². The molecule has 1 saturated heterocycles. The fourth-order valence-electron chi connectivity index (χ4n) is 2.96. The smallest absolute Gasteiger partial charge is 0.319 e. The van der Waals surface area contributed by atoms with Crippen LogP contribution in [0, 0.1) is 12.8 Å². The van der Waals surface area contributed by atoms with Crippen LogP contribution in [0.25, 0.3) is 0 Å². The number of likely N-dealkylation sites (tertiary alicyclic amines) is 1. The molecule has 0 bridgehead atoms. The highest BCUT2D eigenvalue weighted by Gasteiger charge is 2.28. The summed E-state index contributed by atoms with van der Waals surface area (Å²) in [5, 5.41) is 2.86. The number of benzene rings is 1. The highest BCUT2D eigenvalue weighted by atomic mass is 32.2. The molecule has 0 unspecified atom stereocenters. The Hall–Kier alpha value is -2.13. The zero-order chi connectivity index (χ0) is 20.4. The summed E-state index contributed by atoms with van der Waals surface area (Å²) in [6.45, 7) is 2.88. The third-order valence-corrected chi connectivity index (χ3v) is 6.58. The Morgan fingerprint density at radius 1 is 1.11 bits per heavy atom. The summed E-state index contributed by atoms with van der Waals surface area (Å²) in [6.07, 6.45) is 1.17. The summed E-state index contributed by atoms with van der Waals surface area (Å²) in [5.41, 5.74) is 1.29. The highest BCUT2D eigenvalue weighted by molar-refractivity contribution is 7.89. The number of nitrogens with one attached hydrogen (secondary N) is 1. The molecular weight excluding hydrogens is 368 g/mol. The molecule has 1 fully saturated rings. The van der Waals surface area contributed by atoms with Gasteiger partial charge in [0.05, 0.1) is 4.90 Å². The molecule has 1 aromatic rings. The minimum absolute atomic E-state index is 0.0497. The van der Waals surface area contributed by atoms with Gasteiger partial charge < -0.3 is 15.1 Å². The monoisotopic (exact) mass is 396 g/mol. The lowest BCUT2D eigenvalue weighted by Crippen LogP contribution is -2.45. The van der Waals surface area contributed by atoms with Crippen molar-refractivity contribution in [3.8, 4) is 0 Å². The molecule has 1 aliphatic rings. The molecule has 1 N–H and O–H groups in total. The molecule has 1 aliphatic heterocycles. The molecule has 1 aromatic carbocycles. The van der Waals surface area contributed by atoms with Crippen LogP contribution in [-0.2, 0) is 14.8 Å². The minimum Gasteiger partial charge on any atom is -0.331 e. The SMILES string of the molecule is Cc1ccc(S(=O)(=O)N(C)C)cc1NC(=O)C1CCN(C(=O)N(C)C)CC1. The Morgan fingerprint density at radius 2 is 1.70 bits per heavy atom. The molecule has 1 heterocycles. The largest absolute Gasteiger partial charge is 0.331 e. The molecule has 27 heavy (non-hydrogen) atoms. The average molecular weight is 397 g/mol. The van der Waals surface area contributed by atoms with Crippen LogP contribution in [0.1, 0.15) is 18.4 Å². The first-order chi connectivity index (χ1) is 12.5. The van der Waals surface area contributed by atoms with Gasteiger partial charge in [-0.1, -0.05) is 6.07 Å². The Labute approximate surface area is 161 Å². The quantitative estimate of drug-likeness (QED) is 0.837. The van der Waals surface area contributed by atoms with E-state index in [0.29, 0.717) is 31.6 Å². The van der Waals surface area contributed by atoms with Crippen LogP contribution in [0.5, 0.6) is 0 Å². The molecule has 0 saturated carbocycles. The summed E-state index contributed by atoms with van der Waals surface area (Å²) >= 11 is 0. The number of nitrogens with zero attached hydrogens (tertiary/aromatic N) is 3. The van der Waals surface area contributed by atoms with Gasteiger partial charge >= 0.3 is 6.03 Å². The van der Waals surface area contributed by atoms with Crippen molar-refractivity contribution in [3.63, 3.8) is 0 Å². The van der Waals surface area contributed by atoms with Crippen LogP contribution in [0.3, 0.4) is 0 Å². The van der Waals surface area contributed by atoms with Gasteiger partial charge in [0.1, 0.15) is 0 Å². The number of urea groups is 1. The number of carbonyl (C=O) groups is 2. The van der Waals surface area contributed by atoms with E-state index in [2.05, 4.69) is 5.32 Å². The number of hydrogen-bond acceptors (Lipinski definition) is 4. The Bertz CT molecular complexity index is 813. The summed E-state index contributed by atoms with van der Waals surface area (Å²) in [6, 6.07) is 4.66. The topological polar surface area (TPSA) is 90.0 Å². The molecule has 8 nitrogen and oxygen atoms in total. The van der Waals surface area contributed by atoms with Crippen molar-refractivity contribution in [2.24, 2.45) is 5.92 Å². The van der Waals surface area contributed by atoms with Crippen LogP contribution in [0.15, 0.2) is 23.1 Å². The highest BCUT2D eigenvalue weighted by Crippen LogP contribution is 2.25. The van der Waals surface area contributed by atoms with Crippen LogP contribution in [0.4, 0.5) is 10.5 Å². The number of sulfonamides is 1. The van der Waals surface area contributed by atoms with E-state index < -0.39 is 10.0 Å². The van der Waals surface area contributed by atoms with Crippen molar-refractivity contribution in [2.45, 2.75) is 24.7 Å². The van der Waals surface area contributed by atoms with Crippen molar-refractivity contribution >= 4 is 27.6 Å². The van der Waals surface area contributed by atoms with Gasteiger partial charge in [0.25, 0.3) is 0 Å². The maximum atomic E-state index is 12.6. The van der Waals surface area contributed by atoms with E-state index in [0.717, 1.165) is 9.87 Å². The Morgan fingerprint density at radius 3 is 2.22 bits per heavy atom. The first-order valence-electron chi connectivity index (χ1n) is 8.84. The number of anilines is 1. The third-order valence-electron chi connectivity index (χ3n) is 4.76. The normalized spacial score (nSPS) is 15.7. The molecule has 9 heteroatoms. The lowest BCUT2D eigenvalue weighted by molar-refractivity contribution is -0.121. The number of aryl methyl sites for hydroxylation is 1. The maximum Gasteiger partial charge on any atom is 0.319 e. The van der Waals surface area contributed by atoms with Crippen LogP contribution < -0.4 is 5.32 Å². The zero-order valence-electron chi connectivity index (χ0n) is 16.5. The van der Waals surface area contributed by atoms with Crippen LogP contribution in [-0.4, -0.2) is 75.7 Å². The van der Waals surface area contributed by atoms with Gasteiger partial charge in [0.15, 0.2) is 0 Å². The fourth-order valence-corrected chi connectivity index (χ4v) is 3.89. The summed E-state index contributed by atoms with van der Waals surface area (Å²) < 4.78 is 25.8. The number of amides is 3. The Balaban J connectivity index is 2.08. The number of piperidine rings is 1. The second-order valence-corrected chi connectivity index (χ2v) is 9.34. The lowest BCUT2D eigenvalue weighted by Gasteiger charge is -2.33. The van der Waals surface area contributed by atoms with E-state index in [1.165, 1.54) is 31.1 Å². The predicted octanol–water partition coefficient (Wildman–Crippen LogP) is 1.58. The molecule has 0 aromatic heterocycles. The molecule has 0 atom stereocenters.